The molecule has 0 unspecified atom stereocenters. The minimum Gasteiger partial charge on any atom is -0.330 e. The quantitative estimate of drug-likeness (QED) is 0.774. The largest absolute Gasteiger partial charge is 0.330 e. The number of H-pyrrole nitrogens is 1. The highest BCUT2D eigenvalue weighted by Crippen LogP contribution is 2.29. The number of aromatic amines is 1. The molecule has 0 aliphatic carbocycles. The molecule has 0 bridgehead atoms. The maximum atomic E-state index is 13.3. The fourth-order valence-electron chi connectivity index (χ4n) is 2.03. The molecule has 3 N–H and O–H groups in total. The summed E-state index contributed by atoms with van der Waals surface area (Å²) >= 11 is 1.49. The van der Waals surface area contributed by atoms with Gasteiger partial charge in [-0.15, -0.1) is 11.3 Å². The van der Waals surface area contributed by atoms with Crippen LogP contribution in [0.5, 0.6) is 0 Å². The molecule has 22 heavy (non-hydrogen) atoms. The van der Waals surface area contributed by atoms with Gasteiger partial charge < -0.3 is 5.73 Å². The van der Waals surface area contributed by atoms with Crippen molar-refractivity contribution in [1.29, 1.82) is 0 Å². The molecule has 0 aliphatic rings. The average molecular weight is 321 g/mol. The molecule has 0 atom stereocenters. The van der Waals surface area contributed by atoms with Crippen LogP contribution in [-0.2, 0) is 6.42 Å². The number of nitrogens with zero attached hydrogens (tertiary/aromatic N) is 3. The Balaban J connectivity index is 1.95. The van der Waals surface area contributed by atoms with Gasteiger partial charge in [0.05, 0.1) is 15.6 Å². The molecule has 1 aromatic carbocycles. The minimum absolute atomic E-state index is 0.307. The van der Waals surface area contributed by atoms with Gasteiger partial charge >= 0.3 is 0 Å². The summed E-state index contributed by atoms with van der Waals surface area (Å²) in [5, 5.41) is 7.80. The van der Waals surface area contributed by atoms with Gasteiger partial charge in [0.2, 0.25) is 0 Å². The molecule has 8 heteroatoms. The number of hydrogen-bond donors (Lipinski definition) is 2. The van der Waals surface area contributed by atoms with Crippen LogP contribution in [0.2, 0.25) is 0 Å². The van der Waals surface area contributed by atoms with E-state index in [4.69, 9.17) is 5.73 Å². The van der Waals surface area contributed by atoms with Crippen LogP contribution in [0.1, 0.15) is 10.7 Å². The second-order valence-electron chi connectivity index (χ2n) is 4.70. The summed E-state index contributed by atoms with van der Waals surface area (Å²) in [6.45, 7) is 2.41. The van der Waals surface area contributed by atoms with Crippen molar-refractivity contribution in [3.63, 3.8) is 0 Å². The highest BCUT2D eigenvalue weighted by molar-refractivity contribution is 7.15. The van der Waals surface area contributed by atoms with E-state index >= 15 is 0 Å². The third-order valence-electron chi connectivity index (χ3n) is 3.08. The molecular weight excluding hydrogens is 308 g/mol. The van der Waals surface area contributed by atoms with Gasteiger partial charge in [0.1, 0.15) is 0 Å². The van der Waals surface area contributed by atoms with E-state index in [1.165, 1.54) is 17.4 Å². The van der Waals surface area contributed by atoms with Crippen molar-refractivity contribution in [2.24, 2.45) is 5.73 Å². The number of benzene rings is 1. The smallest absolute Gasteiger partial charge is 0.181 e. The average Bonchev–Trinajstić information content (AvgIpc) is 3.09. The molecule has 5 nitrogen and oxygen atoms in total. The third kappa shape index (κ3) is 2.75. The molecule has 2 aromatic heterocycles. The van der Waals surface area contributed by atoms with E-state index in [9.17, 15) is 8.78 Å². The van der Waals surface area contributed by atoms with Crippen molar-refractivity contribution >= 4 is 11.3 Å². The number of aryl methyl sites for hydroxylation is 1. The zero-order valence-corrected chi connectivity index (χ0v) is 12.5. The Morgan fingerprint density at radius 2 is 2.05 bits per heavy atom. The highest BCUT2D eigenvalue weighted by atomic mass is 32.1. The molecule has 2 heterocycles. The van der Waals surface area contributed by atoms with Crippen molar-refractivity contribution in [3.8, 4) is 22.1 Å². The predicted octanol–water partition coefficient (Wildman–Crippen LogP) is 2.68. The fraction of sp³-hybridized carbons (Fsp3) is 0.214. The monoisotopic (exact) mass is 321 g/mol. The molecule has 0 fully saturated rings. The van der Waals surface area contributed by atoms with Gasteiger partial charge in [-0.25, -0.2) is 18.7 Å². The van der Waals surface area contributed by atoms with Crippen molar-refractivity contribution in [3.05, 3.63) is 40.5 Å². The summed E-state index contributed by atoms with van der Waals surface area (Å²) in [7, 11) is 0. The van der Waals surface area contributed by atoms with Gasteiger partial charge in [-0.2, -0.15) is 5.10 Å². The molecule has 0 spiro atoms. The van der Waals surface area contributed by atoms with Crippen LogP contribution in [0, 0.1) is 18.6 Å². The zero-order chi connectivity index (χ0) is 15.7. The molecule has 0 amide bonds. The van der Waals surface area contributed by atoms with Crippen LogP contribution in [0.25, 0.3) is 22.1 Å². The van der Waals surface area contributed by atoms with E-state index in [1.807, 2.05) is 6.92 Å². The number of nitrogens with one attached hydrogen (secondary N) is 1. The summed E-state index contributed by atoms with van der Waals surface area (Å²) < 4.78 is 26.3. The Morgan fingerprint density at radius 3 is 2.77 bits per heavy atom. The first-order valence-corrected chi connectivity index (χ1v) is 7.44. The number of nitrogens with two attached hydrogens (primary N) is 1. The Morgan fingerprint density at radius 1 is 1.23 bits per heavy atom. The molecule has 0 radical (unpaired) electrons. The summed E-state index contributed by atoms with van der Waals surface area (Å²) in [5.74, 6) is -0.965. The molecule has 0 aliphatic heterocycles. The Labute approximate surface area is 129 Å². The van der Waals surface area contributed by atoms with Gasteiger partial charge in [-0.05, 0) is 31.7 Å². The van der Waals surface area contributed by atoms with Crippen LogP contribution < -0.4 is 5.73 Å². The van der Waals surface area contributed by atoms with Crippen LogP contribution in [0.4, 0.5) is 8.78 Å². The van der Waals surface area contributed by atoms with Crippen LogP contribution in [0.15, 0.2) is 18.2 Å². The molecule has 3 aromatic rings. The van der Waals surface area contributed by atoms with Crippen LogP contribution in [0.3, 0.4) is 0 Å². The summed E-state index contributed by atoms with van der Waals surface area (Å²) in [6, 6.07) is 3.56. The van der Waals surface area contributed by atoms with Gasteiger partial charge in [-0.3, -0.25) is 5.10 Å². The number of halogens is 2. The highest BCUT2D eigenvalue weighted by Gasteiger charge is 2.15. The van der Waals surface area contributed by atoms with E-state index in [1.54, 1.807) is 0 Å². The van der Waals surface area contributed by atoms with Crippen LogP contribution >= 0.6 is 11.3 Å². The van der Waals surface area contributed by atoms with E-state index < -0.39 is 11.6 Å². The number of hydrogen-bond acceptors (Lipinski definition) is 5. The van der Waals surface area contributed by atoms with E-state index in [-0.39, 0.29) is 0 Å². The van der Waals surface area contributed by atoms with Crippen molar-refractivity contribution < 1.29 is 8.78 Å². The van der Waals surface area contributed by atoms with Crippen LogP contribution in [-0.4, -0.2) is 26.7 Å². The SMILES string of the molecule is Cc1nc(CCN)sc1-c1nc(-c2ccc(F)c(F)c2)n[nH]1. The van der Waals surface area contributed by atoms with Crippen molar-refractivity contribution in [2.45, 2.75) is 13.3 Å². The normalized spacial score (nSPS) is 11.1. The lowest BCUT2D eigenvalue weighted by atomic mass is 10.2. The van der Waals surface area contributed by atoms with E-state index in [2.05, 4.69) is 20.2 Å². The lowest BCUT2D eigenvalue weighted by Crippen LogP contribution is -2.01. The second kappa shape index (κ2) is 5.90. The van der Waals surface area contributed by atoms with Crippen molar-refractivity contribution in [1.82, 2.24) is 20.2 Å². The van der Waals surface area contributed by atoms with Gasteiger partial charge in [0.15, 0.2) is 23.3 Å². The molecule has 0 saturated carbocycles. The topological polar surface area (TPSA) is 80.5 Å². The molecular formula is C14H13F2N5S. The Kier molecular flexibility index (Phi) is 3.95. The molecule has 0 saturated heterocycles. The predicted molar refractivity (Wildman–Crippen MR) is 80.3 cm³/mol. The van der Waals surface area contributed by atoms with E-state index in [0.29, 0.717) is 30.2 Å². The first-order valence-electron chi connectivity index (χ1n) is 6.63. The summed E-state index contributed by atoms with van der Waals surface area (Å²) in [5.41, 5.74) is 6.77. The molecule has 3 rings (SSSR count). The lowest BCUT2D eigenvalue weighted by Gasteiger charge is -1.96. The fourth-order valence-corrected chi connectivity index (χ4v) is 3.05. The number of rotatable bonds is 4. The van der Waals surface area contributed by atoms with E-state index in [0.717, 1.165) is 27.7 Å². The van der Waals surface area contributed by atoms with Crippen molar-refractivity contribution in [2.75, 3.05) is 6.54 Å². The third-order valence-corrected chi connectivity index (χ3v) is 4.30. The summed E-state index contributed by atoms with van der Waals surface area (Å²) in [4.78, 5) is 9.63. The first kappa shape index (κ1) is 14.7. The Bertz CT molecular complexity index is 811. The molecule has 114 valence electrons. The first-order chi connectivity index (χ1) is 10.6. The number of aromatic nitrogens is 4. The summed E-state index contributed by atoms with van der Waals surface area (Å²) in [6.07, 6.45) is 0.704. The second-order valence-corrected chi connectivity index (χ2v) is 5.78. The van der Waals surface area contributed by atoms with Gasteiger partial charge in [-0.1, -0.05) is 0 Å². The Hall–Kier alpha value is -2.19. The maximum Gasteiger partial charge on any atom is 0.181 e. The standard InChI is InChI=1S/C14H13F2N5S/c1-7-12(22-11(18-7)4-5-17)14-19-13(20-21-14)8-2-3-9(15)10(16)6-8/h2-3,6H,4-5,17H2,1H3,(H,19,20,21). The minimum atomic E-state index is -0.928. The lowest BCUT2D eigenvalue weighted by molar-refractivity contribution is 0.509. The van der Waals surface area contributed by atoms with Gasteiger partial charge in [0.25, 0.3) is 0 Å². The zero-order valence-electron chi connectivity index (χ0n) is 11.7. The number of thiazole rings is 1. The maximum absolute atomic E-state index is 13.3. The van der Waals surface area contributed by atoms with Gasteiger partial charge in [0, 0.05) is 12.0 Å².